The van der Waals surface area contributed by atoms with Crippen molar-refractivity contribution in [1.29, 1.82) is 0 Å². The highest BCUT2D eigenvalue weighted by Gasteiger charge is 2.19. The van der Waals surface area contributed by atoms with Crippen molar-refractivity contribution in [3.05, 3.63) is 11.8 Å². The Morgan fingerprint density at radius 2 is 2.59 bits per heavy atom. The maximum Gasteiger partial charge on any atom is 0.239 e. The van der Waals surface area contributed by atoms with E-state index in [1.54, 1.807) is 13.0 Å². The van der Waals surface area contributed by atoms with Crippen LogP contribution in [0.2, 0.25) is 0 Å². The molecule has 1 aromatic heterocycles. The number of hydrogen-bond acceptors (Lipinski definition) is 5. The van der Waals surface area contributed by atoms with E-state index in [1.807, 2.05) is 4.90 Å². The van der Waals surface area contributed by atoms with Gasteiger partial charge in [0.2, 0.25) is 5.91 Å². The first kappa shape index (κ1) is 12.1. The number of aryl methyl sites for hydroxylation is 1. The molecule has 1 aliphatic heterocycles. The van der Waals surface area contributed by atoms with Crippen molar-refractivity contribution in [3.8, 4) is 0 Å². The number of aliphatic hydroxyl groups is 1. The second-order valence-electron chi connectivity index (χ2n) is 4.40. The maximum atomic E-state index is 11.7. The highest BCUT2D eigenvalue weighted by Crippen LogP contribution is 2.10. The molecule has 94 valence electrons. The molecule has 0 saturated carbocycles. The molecule has 17 heavy (non-hydrogen) atoms. The first-order chi connectivity index (χ1) is 8.13. The number of β-amino-alcohol motifs (C(OH)–C–C–N with tert-alkyl or cyclic N) is 1. The third-order valence-electron chi connectivity index (χ3n) is 2.74. The highest BCUT2D eigenvalue weighted by atomic mass is 16.5. The molecule has 0 aliphatic carbocycles. The summed E-state index contributed by atoms with van der Waals surface area (Å²) in [6, 6.07) is 1.67. The van der Waals surface area contributed by atoms with Crippen LogP contribution in [0.3, 0.4) is 0 Å². The van der Waals surface area contributed by atoms with Gasteiger partial charge < -0.3 is 14.9 Å². The van der Waals surface area contributed by atoms with E-state index in [0.717, 1.165) is 19.4 Å². The molecule has 2 heterocycles. The van der Waals surface area contributed by atoms with Gasteiger partial charge in [-0.2, -0.15) is 0 Å². The van der Waals surface area contributed by atoms with Crippen LogP contribution >= 0.6 is 0 Å². The zero-order valence-electron chi connectivity index (χ0n) is 9.85. The van der Waals surface area contributed by atoms with Crippen molar-refractivity contribution in [2.24, 2.45) is 0 Å². The predicted molar refractivity (Wildman–Crippen MR) is 61.6 cm³/mol. The molecule has 0 unspecified atom stereocenters. The van der Waals surface area contributed by atoms with Gasteiger partial charge in [0.1, 0.15) is 5.76 Å². The number of aliphatic hydroxyl groups excluding tert-OH is 1. The number of amides is 1. The Morgan fingerprint density at radius 1 is 1.76 bits per heavy atom. The van der Waals surface area contributed by atoms with Crippen molar-refractivity contribution < 1.29 is 14.4 Å². The number of nitrogens with zero attached hydrogens (tertiary/aromatic N) is 2. The van der Waals surface area contributed by atoms with Crippen LogP contribution in [0.25, 0.3) is 0 Å². The minimum absolute atomic E-state index is 0.132. The molecule has 1 saturated heterocycles. The molecular weight excluding hydrogens is 222 g/mol. The largest absolute Gasteiger partial charge is 0.392 e. The second-order valence-corrected chi connectivity index (χ2v) is 4.40. The van der Waals surface area contributed by atoms with E-state index in [4.69, 9.17) is 4.52 Å². The zero-order chi connectivity index (χ0) is 12.3. The molecule has 0 bridgehead atoms. The van der Waals surface area contributed by atoms with E-state index in [2.05, 4.69) is 10.5 Å². The Balaban J connectivity index is 1.80. The SMILES string of the molecule is Cc1cc(NC(=O)CN2CCC[C@@H](O)C2)no1. The quantitative estimate of drug-likeness (QED) is 0.797. The smallest absolute Gasteiger partial charge is 0.239 e. The number of carbonyl (C=O) groups excluding carboxylic acids is 1. The third kappa shape index (κ3) is 3.54. The summed E-state index contributed by atoms with van der Waals surface area (Å²) in [7, 11) is 0. The van der Waals surface area contributed by atoms with Gasteiger partial charge >= 0.3 is 0 Å². The second kappa shape index (κ2) is 5.29. The van der Waals surface area contributed by atoms with Gasteiger partial charge in [0.25, 0.3) is 0 Å². The summed E-state index contributed by atoms with van der Waals surface area (Å²) in [6.07, 6.45) is 1.43. The van der Waals surface area contributed by atoms with Gasteiger partial charge in [-0.3, -0.25) is 9.69 Å². The molecule has 1 atom stereocenters. The summed E-state index contributed by atoms with van der Waals surface area (Å²) < 4.78 is 4.85. The van der Waals surface area contributed by atoms with Crippen molar-refractivity contribution in [2.75, 3.05) is 25.0 Å². The van der Waals surface area contributed by atoms with Crippen LogP contribution in [0.15, 0.2) is 10.6 Å². The molecule has 1 aromatic rings. The van der Waals surface area contributed by atoms with Crippen molar-refractivity contribution >= 4 is 11.7 Å². The monoisotopic (exact) mass is 239 g/mol. The number of hydrogen-bond donors (Lipinski definition) is 2. The molecule has 2 rings (SSSR count). The van der Waals surface area contributed by atoms with E-state index >= 15 is 0 Å². The Hall–Kier alpha value is -1.40. The minimum atomic E-state index is -0.314. The predicted octanol–water partition coefficient (Wildman–Crippen LogP) is 0.378. The lowest BCUT2D eigenvalue weighted by atomic mass is 10.1. The summed E-state index contributed by atoms with van der Waals surface area (Å²) in [5.74, 6) is 0.964. The summed E-state index contributed by atoms with van der Waals surface area (Å²) in [4.78, 5) is 13.6. The van der Waals surface area contributed by atoms with E-state index < -0.39 is 0 Å². The van der Waals surface area contributed by atoms with Gasteiger partial charge in [-0.15, -0.1) is 0 Å². The molecule has 0 aromatic carbocycles. The van der Waals surface area contributed by atoms with Crippen molar-refractivity contribution in [1.82, 2.24) is 10.1 Å². The molecule has 2 N–H and O–H groups in total. The molecular formula is C11H17N3O3. The van der Waals surface area contributed by atoms with Gasteiger partial charge in [0.15, 0.2) is 5.82 Å². The van der Waals surface area contributed by atoms with Gasteiger partial charge in [0.05, 0.1) is 12.6 Å². The summed E-state index contributed by atoms with van der Waals surface area (Å²) in [5.41, 5.74) is 0. The lowest BCUT2D eigenvalue weighted by Crippen LogP contribution is -2.42. The first-order valence-corrected chi connectivity index (χ1v) is 5.77. The first-order valence-electron chi connectivity index (χ1n) is 5.77. The van der Waals surface area contributed by atoms with Gasteiger partial charge in [-0.05, 0) is 26.3 Å². The van der Waals surface area contributed by atoms with Gasteiger partial charge in [-0.25, -0.2) is 0 Å². The third-order valence-corrected chi connectivity index (χ3v) is 2.74. The Morgan fingerprint density at radius 3 is 3.24 bits per heavy atom. The van der Waals surface area contributed by atoms with Crippen LogP contribution in [0.5, 0.6) is 0 Å². The Labute approximate surface area is 99.6 Å². The fraction of sp³-hybridized carbons (Fsp3) is 0.636. The number of aromatic nitrogens is 1. The van der Waals surface area contributed by atoms with Crippen LogP contribution < -0.4 is 5.32 Å². The number of anilines is 1. The number of piperidine rings is 1. The van der Waals surface area contributed by atoms with Crippen molar-refractivity contribution in [3.63, 3.8) is 0 Å². The maximum absolute atomic E-state index is 11.7. The Bertz CT molecular complexity index is 391. The van der Waals surface area contributed by atoms with Gasteiger partial charge in [-0.1, -0.05) is 5.16 Å². The zero-order valence-corrected chi connectivity index (χ0v) is 9.85. The van der Waals surface area contributed by atoms with Crippen LogP contribution in [0.4, 0.5) is 5.82 Å². The average Bonchev–Trinajstić information content (AvgIpc) is 2.63. The fourth-order valence-corrected chi connectivity index (χ4v) is 1.99. The number of nitrogens with one attached hydrogen (secondary N) is 1. The molecule has 6 heteroatoms. The van der Waals surface area contributed by atoms with E-state index in [1.165, 1.54) is 0 Å². The molecule has 1 amide bonds. The molecule has 1 aliphatic rings. The number of likely N-dealkylation sites (tertiary alicyclic amines) is 1. The summed E-state index contributed by atoms with van der Waals surface area (Å²) >= 11 is 0. The minimum Gasteiger partial charge on any atom is -0.392 e. The lowest BCUT2D eigenvalue weighted by molar-refractivity contribution is -0.118. The van der Waals surface area contributed by atoms with Crippen molar-refractivity contribution in [2.45, 2.75) is 25.9 Å². The highest BCUT2D eigenvalue weighted by molar-refractivity contribution is 5.91. The number of rotatable bonds is 3. The number of carbonyl (C=O) groups is 1. The summed E-state index contributed by atoms with van der Waals surface area (Å²) in [5, 5.41) is 15.8. The van der Waals surface area contributed by atoms with E-state index in [9.17, 15) is 9.90 Å². The standard InChI is InChI=1S/C11H17N3O3/c1-8-5-10(13-17-8)12-11(16)7-14-4-2-3-9(15)6-14/h5,9,15H,2-4,6-7H2,1H3,(H,12,13,16)/t9-/m1/s1. The molecule has 1 fully saturated rings. The fourth-order valence-electron chi connectivity index (χ4n) is 1.99. The molecule has 0 radical (unpaired) electrons. The van der Waals surface area contributed by atoms with Gasteiger partial charge in [0, 0.05) is 12.6 Å². The van der Waals surface area contributed by atoms with E-state index in [-0.39, 0.29) is 18.6 Å². The van der Waals surface area contributed by atoms with Crippen LogP contribution in [-0.4, -0.2) is 46.8 Å². The topological polar surface area (TPSA) is 78.6 Å². The normalized spacial score (nSPS) is 21.4. The molecule has 0 spiro atoms. The lowest BCUT2D eigenvalue weighted by Gasteiger charge is -2.29. The van der Waals surface area contributed by atoms with Crippen LogP contribution in [0, 0.1) is 6.92 Å². The van der Waals surface area contributed by atoms with Crippen LogP contribution in [-0.2, 0) is 4.79 Å². The van der Waals surface area contributed by atoms with Crippen LogP contribution in [0.1, 0.15) is 18.6 Å². The Kier molecular flexibility index (Phi) is 3.75. The average molecular weight is 239 g/mol. The van der Waals surface area contributed by atoms with E-state index in [0.29, 0.717) is 18.1 Å². The summed E-state index contributed by atoms with van der Waals surface area (Å²) in [6.45, 7) is 3.46. The molecule has 6 nitrogen and oxygen atoms in total.